The van der Waals surface area contributed by atoms with Gasteiger partial charge < -0.3 is 14.8 Å². The van der Waals surface area contributed by atoms with Crippen molar-refractivity contribution in [3.8, 4) is 5.75 Å². The van der Waals surface area contributed by atoms with E-state index in [0.717, 1.165) is 0 Å². The molecule has 0 aromatic heterocycles. The van der Waals surface area contributed by atoms with Crippen LogP contribution in [0.25, 0.3) is 0 Å². The Bertz CT molecular complexity index is 506. The van der Waals surface area contributed by atoms with E-state index in [0.29, 0.717) is 17.1 Å². The van der Waals surface area contributed by atoms with Crippen molar-refractivity contribution in [3.63, 3.8) is 0 Å². The highest BCUT2D eigenvalue weighted by molar-refractivity contribution is 5.92. The summed E-state index contributed by atoms with van der Waals surface area (Å²) in [6.07, 6.45) is -0.549. The number of carbonyl (C=O) groups is 2. The average Bonchev–Trinajstić information content (AvgIpc) is 2.27. The van der Waals surface area contributed by atoms with E-state index in [1.54, 1.807) is 39.0 Å². The van der Waals surface area contributed by atoms with Crippen LogP contribution >= 0.6 is 0 Å². The second kappa shape index (κ2) is 6.27. The van der Waals surface area contributed by atoms with Gasteiger partial charge >= 0.3 is 6.09 Å². The summed E-state index contributed by atoms with van der Waals surface area (Å²) in [5.41, 5.74) is 0.490. The number of methoxy groups -OCH3 is 1. The van der Waals surface area contributed by atoms with Gasteiger partial charge in [-0.25, -0.2) is 4.79 Å². The molecule has 0 atom stereocenters. The number of amides is 2. The lowest BCUT2D eigenvalue weighted by molar-refractivity contribution is -0.114. The molecular weight excluding hydrogens is 260 g/mol. The summed E-state index contributed by atoms with van der Waals surface area (Å²) in [5, 5.41) is 5.24. The number of nitrogens with one attached hydrogen (secondary N) is 2. The molecule has 0 unspecified atom stereocenters. The van der Waals surface area contributed by atoms with Gasteiger partial charge in [-0.15, -0.1) is 0 Å². The summed E-state index contributed by atoms with van der Waals surface area (Å²) < 4.78 is 10.3. The predicted molar refractivity (Wildman–Crippen MR) is 77.2 cm³/mol. The lowest BCUT2D eigenvalue weighted by Crippen LogP contribution is -2.27. The van der Waals surface area contributed by atoms with Crippen LogP contribution in [0.1, 0.15) is 27.7 Å². The second-order valence-electron chi connectivity index (χ2n) is 5.22. The molecule has 0 aliphatic carbocycles. The first-order valence-electron chi connectivity index (χ1n) is 6.17. The molecular formula is C14H20N2O4. The average molecular weight is 280 g/mol. The van der Waals surface area contributed by atoms with E-state index >= 15 is 0 Å². The third-order valence-electron chi connectivity index (χ3n) is 2.16. The fraction of sp³-hybridized carbons (Fsp3) is 0.429. The van der Waals surface area contributed by atoms with Gasteiger partial charge in [0.25, 0.3) is 0 Å². The molecule has 6 heteroatoms. The van der Waals surface area contributed by atoms with E-state index in [4.69, 9.17) is 9.47 Å². The minimum atomic E-state index is -0.565. The quantitative estimate of drug-likeness (QED) is 0.892. The largest absolute Gasteiger partial charge is 0.494 e. The number of benzene rings is 1. The Kier molecular flexibility index (Phi) is 4.96. The Morgan fingerprint density at radius 1 is 1.15 bits per heavy atom. The highest BCUT2D eigenvalue weighted by Gasteiger charge is 2.16. The van der Waals surface area contributed by atoms with Gasteiger partial charge in [0, 0.05) is 18.7 Å². The molecule has 0 saturated heterocycles. The first-order chi connectivity index (χ1) is 9.21. The number of ether oxygens (including phenoxy) is 2. The number of hydrogen-bond donors (Lipinski definition) is 2. The maximum atomic E-state index is 11.6. The van der Waals surface area contributed by atoms with Crippen LogP contribution in [0.15, 0.2) is 18.2 Å². The van der Waals surface area contributed by atoms with E-state index in [1.807, 2.05) is 0 Å². The van der Waals surface area contributed by atoms with Crippen molar-refractivity contribution in [1.29, 1.82) is 0 Å². The van der Waals surface area contributed by atoms with E-state index < -0.39 is 11.7 Å². The van der Waals surface area contributed by atoms with Crippen molar-refractivity contribution in [2.24, 2.45) is 0 Å². The van der Waals surface area contributed by atoms with Crippen molar-refractivity contribution in [1.82, 2.24) is 0 Å². The maximum absolute atomic E-state index is 11.6. The molecule has 0 aliphatic heterocycles. The first-order valence-corrected chi connectivity index (χ1v) is 6.17. The number of anilines is 2. The molecule has 20 heavy (non-hydrogen) atoms. The number of hydrogen-bond acceptors (Lipinski definition) is 4. The monoisotopic (exact) mass is 280 g/mol. The first kappa shape index (κ1) is 15.8. The topological polar surface area (TPSA) is 76.7 Å². The third-order valence-corrected chi connectivity index (χ3v) is 2.16. The molecule has 0 aliphatic rings. The van der Waals surface area contributed by atoms with Gasteiger partial charge in [-0.05, 0) is 32.9 Å². The molecule has 0 saturated carbocycles. The zero-order valence-electron chi connectivity index (χ0n) is 12.4. The molecule has 0 fully saturated rings. The predicted octanol–water partition coefficient (Wildman–Crippen LogP) is 3.00. The zero-order chi connectivity index (χ0) is 15.3. The van der Waals surface area contributed by atoms with Crippen LogP contribution in [0, 0.1) is 0 Å². The molecule has 1 aromatic rings. The molecule has 2 N–H and O–H groups in total. The lowest BCUT2D eigenvalue weighted by atomic mass is 10.2. The van der Waals surface area contributed by atoms with Crippen LogP contribution in [-0.4, -0.2) is 24.7 Å². The molecule has 0 radical (unpaired) electrons. The minimum Gasteiger partial charge on any atom is -0.494 e. The third kappa shape index (κ3) is 5.17. The van der Waals surface area contributed by atoms with Gasteiger partial charge in [0.05, 0.1) is 12.8 Å². The van der Waals surface area contributed by atoms with Gasteiger partial charge in [0.1, 0.15) is 11.4 Å². The summed E-state index contributed by atoms with van der Waals surface area (Å²) in [5.74, 6) is 0.255. The van der Waals surface area contributed by atoms with Crippen LogP contribution in [0.2, 0.25) is 0 Å². The van der Waals surface area contributed by atoms with Crippen LogP contribution in [0.5, 0.6) is 5.75 Å². The smallest absolute Gasteiger partial charge is 0.412 e. The molecule has 0 bridgehead atoms. The van der Waals surface area contributed by atoms with Crippen molar-refractivity contribution in [3.05, 3.63) is 18.2 Å². The summed E-state index contributed by atoms with van der Waals surface area (Å²) in [7, 11) is 1.48. The van der Waals surface area contributed by atoms with Crippen molar-refractivity contribution < 1.29 is 19.1 Å². The second-order valence-corrected chi connectivity index (χ2v) is 5.22. The van der Waals surface area contributed by atoms with E-state index in [1.165, 1.54) is 14.0 Å². The Balaban J connectivity index is 2.82. The van der Waals surface area contributed by atoms with Crippen molar-refractivity contribution >= 4 is 23.4 Å². The highest BCUT2D eigenvalue weighted by Crippen LogP contribution is 2.28. The normalized spacial score (nSPS) is 10.7. The number of rotatable bonds is 3. The summed E-state index contributed by atoms with van der Waals surface area (Å²) in [4.78, 5) is 22.7. The molecule has 0 heterocycles. The van der Waals surface area contributed by atoms with Gasteiger partial charge in [-0.2, -0.15) is 0 Å². The Morgan fingerprint density at radius 3 is 2.30 bits per heavy atom. The van der Waals surface area contributed by atoms with Crippen LogP contribution in [0.4, 0.5) is 16.2 Å². The van der Waals surface area contributed by atoms with E-state index in [-0.39, 0.29) is 5.91 Å². The number of carbonyl (C=O) groups excluding carboxylic acids is 2. The fourth-order valence-electron chi connectivity index (χ4n) is 1.48. The Morgan fingerprint density at radius 2 is 1.80 bits per heavy atom. The summed E-state index contributed by atoms with van der Waals surface area (Å²) >= 11 is 0. The molecule has 1 aromatic carbocycles. The SMILES string of the molecule is COc1cc(NC(=O)OC(C)(C)C)ccc1NC(C)=O. The summed E-state index contributed by atoms with van der Waals surface area (Å²) in [6.45, 7) is 6.76. The van der Waals surface area contributed by atoms with Gasteiger partial charge in [0.2, 0.25) is 5.91 Å². The van der Waals surface area contributed by atoms with Crippen LogP contribution < -0.4 is 15.4 Å². The maximum Gasteiger partial charge on any atom is 0.412 e. The fourth-order valence-corrected chi connectivity index (χ4v) is 1.48. The Hall–Kier alpha value is -2.24. The van der Waals surface area contributed by atoms with Gasteiger partial charge in [-0.1, -0.05) is 0 Å². The van der Waals surface area contributed by atoms with E-state index in [2.05, 4.69) is 10.6 Å². The molecule has 6 nitrogen and oxygen atoms in total. The molecule has 1 rings (SSSR count). The molecule has 2 amide bonds. The Labute approximate surface area is 118 Å². The lowest BCUT2D eigenvalue weighted by Gasteiger charge is -2.20. The summed E-state index contributed by atoms with van der Waals surface area (Å²) in [6, 6.07) is 4.90. The van der Waals surface area contributed by atoms with Crippen LogP contribution in [0.3, 0.4) is 0 Å². The van der Waals surface area contributed by atoms with Gasteiger partial charge in [0.15, 0.2) is 0 Å². The zero-order valence-corrected chi connectivity index (χ0v) is 12.4. The van der Waals surface area contributed by atoms with Gasteiger partial charge in [-0.3, -0.25) is 10.1 Å². The van der Waals surface area contributed by atoms with Crippen LogP contribution in [-0.2, 0) is 9.53 Å². The standard InChI is InChI=1S/C14H20N2O4/c1-9(17)15-11-7-6-10(8-12(11)19-5)16-13(18)20-14(2,3)4/h6-8H,1-5H3,(H,15,17)(H,16,18). The highest BCUT2D eigenvalue weighted by atomic mass is 16.6. The molecule has 0 spiro atoms. The minimum absolute atomic E-state index is 0.198. The molecule has 110 valence electrons. The van der Waals surface area contributed by atoms with E-state index in [9.17, 15) is 9.59 Å². The van der Waals surface area contributed by atoms with Crippen molar-refractivity contribution in [2.45, 2.75) is 33.3 Å². The van der Waals surface area contributed by atoms with Crippen molar-refractivity contribution in [2.75, 3.05) is 17.7 Å².